The summed E-state index contributed by atoms with van der Waals surface area (Å²) in [5.74, 6) is -0.727. The standard InChI is InChI=1S/C11H7BrF3N3O4S2/c12-8-5-16-10(23-8)17-9(19)18-24(20,21)7-3-1-2-6(4-7)22-11(13,14)15/h1-5H,(H2,16,17,18,19). The van der Waals surface area contributed by atoms with E-state index >= 15 is 0 Å². The predicted octanol–water partition coefficient (Wildman–Crippen LogP) is 3.31. The number of aromatic nitrogens is 1. The normalized spacial score (nSPS) is 11.8. The van der Waals surface area contributed by atoms with Gasteiger partial charge in [-0.05, 0) is 28.1 Å². The molecule has 130 valence electrons. The Hall–Kier alpha value is -1.86. The second-order valence-electron chi connectivity index (χ2n) is 4.05. The number of urea groups is 1. The van der Waals surface area contributed by atoms with E-state index in [0.717, 1.165) is 29.5 Å². The highest BCUT2D eigenvalue weighted by Gasteiger charge is 2.31. The van der Waals surface area contributed by atoms with Crippen LogP contribution in [0, 0.1) is 0 Å². The lowest BCUT2D eigenvalue weighted by Gasteiger charge is -2.11. The van der Waals surface area contributed by atoms with Crippen molar-refractivity contribution in [3.63, 3.8) is 0 Å². The number of hydrogen-bond donors (Lipinski definition) is 2. The maximum Gasteiger partial charge on any atom is 0.573 e. The third-order valence-electron chi connectivity index (χ3n) is 2.27. The van der Waals surface area contributed by atoms with Gasteiger partial charge < -0.3 is 4.74 Å². The van der Waals surface area contributed by atoms with Crippen LogP contribution in [-0.2, 0) is 10.0 Å². The number of rotatable bonds is 4. The Kier molecular flexibility index (Phi) is 5.35. The number of amides is 2. The van der Waals surface area contributed by atoms with E-state index in [0.29, 0.717) is 9.85 Å². The summed E-state index contributed by atoms with van der Waals surface area (Å²) in [6.07, 6.45) is -3.57. The van der Waals surface area contributed by atoms with E-state index in [2.05, 4.69) is 31.0 Å². The molecule has 2 rings (SSSR count). The second kappa shape index (κ2) is 6.94. The number of carbonyl (C=O) groups is 1. The van der Waals surface area contributed by atoms with Gasteiger partial charge in [0.25, 0.3) is 10.0 Å². The van der Waals surface area contributed by atoms with Crippen molar-refractivity contribution >= 4 is 48.5 Å². The summed E-state index contributed by atoms with van der Waals surface area (Å²) in [6.45, 7) is 0. The van der Waals surface area contributed by atoms with Crippen LogP contribution in [-0.4, -0.2) is 25.8 Å². The molecule has 2 aromatic rings. The van der Waals surface area contributed by atoms with Crippen LogP contribution in [0.15, 0.2) is 39.1 Å². The molecule has 0 fully saturated rings. The van der Waals surface area contributed by atoms with Gasteiger partial charge in [-0.2, -0.15) is 0 Å². The molecule has 0 bridgehead atoms. The monoisotopic (exact) mass is 445 g/mol. The number of nitrogens with one attached hydrogen (secondary N) is 2. The van der Waals surface area contributed by atoms with Crippen molar-refractivity contribution in [2.75, 3.05) is 5.32 Å². The van der Waals surface area contributed by atoms with Crippen molar-refractivity contribution in [1.82, 2.24) is 9.71 Å². The minimum atomic E-state index is -4.97. The molecule has 7 nitrogen and oxygen atoms in total. The van der Waals surface area contributed by atoms with Crippen molar-refractivity contribution in [3.05, 3.63) is 34.2 Å². The predicted molar refractivity (Wildman–Crippen MR) is 82.3 cm³/mol. The summed E-state index contributed by atoms with van der Waals surface area (Å²) in [7, 11) is -4.40. The molecule has 1 aromatic carbocycles. The molecule has 0 saturated carbocycles. The fraction of sp³-hybridized carbons (Fsp3) is 0.0909. The molecular formula is C11H7BrF3N3O4S2. The highest BCUT2D eigenvalue weighted by atomic mass is 79.9. The molecule has 0 aliphatic carbocycles. The molecule has 0 radical (unpaired) electrons. The molecule has 0 saturated heterocycles. The van der Waals surface area contributed by atoms with Gasteiger partial charge in [0.2, 0.25) is 0 Å². The van der Waals surface area contributed by atoms with E-state index in [-0.39, 0.29) is 5.13 Å². The third-order valence-corrected chi connectivity index (χ3v) is 4.99. The first-order valence-corrected chi connectivity index (χ1v) is 8.95. The number of hydrogen-bond acceptors (Lipinski definition) is 6. The third kappa shape index (κ3) is 5.35. The summed E-state index contributed by atoms with van der Waals surface area (Å²) >= 11 is 4.15. The summed E-state index contributed by atoms with van der Waals surface area (Å²) in [6, 6.07) is 2.52. The highest BCUT2D eigenvalue weighted by Crippen LogP contribution is 2.25. The lowest BCUT2D eigenvalue weighted by molar-refractivity contribution is -0.274. The Morgan fingerprint density at radius 2 is 2.04 bits per heavy atom. The van der Waals surface area contributed by atoms with Crippen LogP contribution in [0.4, 0.5) is 23.1 Å². The molecule has 1 heterocycles. The van der Waals surface area contributed by atoms with Gasteiger partial charge >= 0.3 is 12.4 Å². The minimum Gasteiger partial charge on any atom is -0.406 e. The second-order valence-corrected chi connectivity index (χ2v) is 8.14. The van der Waals surface area contributed by atoms with Gasteiger partial charge in [-0.15, -0.1) is 13.2 Å². The molecular weight excluding hydrogens is 439 g/mol. The molecule has 2 amide bonds. The average Bonchev–Trinajstić information content (AvgIpc) is 2.81. The van der Waals surface area contributed by atoms with Crippen LogP contribution in [0.1, 0.15) is 0 Å². The van der Waals surface area contributed by atoms with Crippen LogP contribution in [0.25, 0.3) is 0 Å². The fourth-order valence-electron chi connectivity index (χ4n) is 1.45. The summed E-state index contributed by atoms with van der Waals surface area (Å²) in [4.78, 5) is 14.9. The van der Waals surface area contributed by atoms with Gasteiger partial charge in [0.15, 0.2) is 5.13 Å². The smallest absolute Gasteiger partial charge is 0.406 e. The van der Waals surface area contributed by atoms with Crippen molar-refractivity contribution in [2.45, 2.75) is 11.3 Å². The minimum absolute atomic E-state index is 0.128. The molecule has 24 heavy (non-hydrogen) atoms. The Balaban J connectivity index is 2.12. The maximum atomic E-state index is 12.2. The fourth-order valence-corrected chi connectivity index (χ4v) is 3.50. The van der Waals surface area contributed by atoms with Crippen LogP contribution in [0.3, 0.4) is 0 Å². The lowest BCUT2D eigenvalue weighted by atomic mass is 10.3. The Morgan fingerprint density at radius 3 is 2.62 bits per heavy atom. The zero-order chi connectivity index (χ0) is 18.0. The molecule has 0 aliphatic rings. The van der Waals surface area contributed by atoms with Gasteiger partial charge in [0, 0.05) is 6.07 Å². The van der Waals surface area contributed by atoms with E-state index in [4.69, 9.17) is 0 Å². The lowest BCUT2D eigenvalue weighted by Crippen LogP contribution is -2.34. The van der Waals surface area contributed by atoms with E-state index < -0.39 is 33.1 Å². The van der Waals surface area contributed by atoms with Crippen molar-refractivity contribution in [3.8, 4) is 5.75 Å². The zero-order valence-electron chi connectivity index (χ0n) is 11.3. The van der Waals surface area contributed by atoms with Crippen molar-refractivity contribution in [2.24, 2.45) is 0 Å². The maximum absolute atomic E-state index is 12.2. The summed E-state index contributed by atoms with van der Waals surface area (Å²) in [5, 5.41) is 2.31. The Bertz CT molecular complexity index is 854. The molecule has 2 N–H and O–H groups in total. The average molecular weight is 446 g/mol. The number of carbonyl (C=O) groups excluding carboxylic acids is 1. The van der Waals surface area contributed by atoms with Crippen LogP contribution < -0.4 is 14.8 Å². The van der Waals surface area contributed by atoms with Crippen LogP contribution >= 0.6 is 27.3 Å². The topological polar surface area (TPSA) is 97.4 Å². The first-order chi connectivity index (χ1) is 11.0. The van der Waals surface area contributed by atoms with E-state index in [1.54, 1.807) is 4.72 Å². The Morgan fingerprint density at radius 1 is 1.33 bits per heavy atom. The van der Waals surface area contributed by atoms with Gasteiger partial charge in [-0.1, -0.05) is 17.4 Å². The molecule has 1 aromatic heterocycles. The number of thiazole rings is 1. The summed E-state index contributed by atoms with van der Waals surface area (Å²) < 4.78 is 66.4. The molecule has 0 spiro atoms. The molecule has 0 unspecified atom stereocenters. The highest BCUT2D eigenvalue weighted by molar-refractivity contribution is 9.11. The first kappa shape index (κ1) is 18.5. The van der Waals surface area contributed by atoms with Gasteiger partial charge in [0.1, 0.15) is 5.75 Å². The van der Waals surface area contributed by atoms with E-state index in [1.165, 1.54) is 6.20 Å². The van der Waals surface area contributed by atoms with Crippen LogP contribution in [0.2, 0.25) is 0 Å². The number of halogens is 4. The number of sulfonamides is 1. The van der Waals surface area contributed by atoms with Gasteiger partial charge in [0.05, 0.1) is 14.9 Å². The zero-order valence-corrected chi connectivity index (χ0v) is 14.5. The number of ether oxygens (including phenoxy) is 1. The Labute approximate surface area is 146 Å². The molecule has 0 aliphatic heterocycles. The molecule has 0 atom stereocenters. The summed E-state index contributed by atoms with van der Waals surface area (Å²) in [5.41, 5.74) is 0. The quantitative estimate of drug-likeness (QED) is 0.752. The first-order valence-electron chi connectivity index (χ1n) is 5.86. The SMILES string of the molecule is O=C(Nc1ncc(Br)s1)NS(=O)(=O)c1cccc(OC(F)(F)F)c1. The van der Waals surface area contributed by atoms with Gasteiger partial charge in [-0.3, -0.25) is 5.32 Å². The van der Waals surface area contributed by atoms with Gasteiger partial charge in [-0.25, -0.2) is 22.9 Å². The van der Waals surface area contributed by atoms with E-state index in [9.17, 15) is 26.4 Å². The number of anilines is 1. The number of nitrogens with zero attached hydrogens (tertiary/aromatic N) is 1. The van der Waals surface area contributed by atoms with E-state index in [1.807, 2.05) is 0 Å². The molecule has 13 heteroatoms. The largest absolute Gasteiger partial charge is 0.573 e. The van der Waals surface area contributed by atoms with Crippen molar-refractivity contribution in [1.29, 1.82) is 0 Å². The van der Waals surface area contributed by atoms with Crippen LogP contribution in [0.5, 0.6) is 5.75 Å². The van der Waals surface area contributed by atoms with Crippen molar-refractivity contribution < 1.29 is 31.1 Å². The number of alkyl halides is 3. The number of benzene rings is 1.